The van der Waals surface area contributed by atoms with Crippen LogP contribution in [0.2, 0.25) is 0 Å². The molecule has 2 aliphatic heterocycles. The number of hydrogen-bond acceptors (Lipinski definition) is 3. The summed E-state index contributed by atoms with van der Waals surface area (Å²) in [5.41, 5.74) is 4.15. The molecule has 0 bridgehead atoms. The number of carbonyl (C=O) groups excluding carboxylic acids is 2. The molecule has 0 fully saturated rings. The van der Waals surface area contributed by atoms with Gasteiger partial charge in [-0.2, -0.15) is 0 Å². The number of carbonyl (C=O) groups is 2. The maximum atomic E-state index is 13.4. The Morgan fingerprint density at radius 1 is 1.00 bits per heavy atom. The number of benzene rings is 3. The first-order chi connectivity index (χ1) is 15.1. The molecular weight excluding hydrogens is 411 g/mol. The molecule has 1 atom stereocenters. The highest BCUT2D eigenvalue weighted by molar-refractivity contribution is 8.01. The van der Waals surface area contributed by atoms with E-state index in [1.165, 1.54) is 34.7 Å². The molecule has 2 heterocycles. The van der Waals surface area contributed by atoms with Crippen LogP contribution in [0.15, 0.2) is 71.6 Å². The molecule has 0 aliphatic carbocycles. The van der Waals surface area contributed by atoms with Gasteiger partial charge in [0.15, 0.2) is 0 Å². The van der Waals surface area contributed by atoms with Crippen molar-refractivity contribution in [2.75, 3.05) is 16.8 Å². The molecule has 1 unspecified atom stereocenters. The molecule has 4 nitrogen and oxygen atoms in total. The largest absolute Gasteiger partial charge is 0.322 e. The minimum absolute atomic E-state index is 0.115. The summed E-state index contributed by atoms with van der Waals surface area (Å²) in [7, 11) is 0. The van der Waals surface area contributed by atoms with Crippen molar-refractivity contribution in [2.45, 2.75) is 29.4 Å². The normalized spacial score (nSPS) is 17.1. The summed E-state index contributed by atoms with van der Waals surface area (Å²) < 4.78 is 13.2. The molecular formula is C25H21FN2O2S. The van der Waals surface area contributed by atoms with Crippen molar-refractivity contribution in [3.8, 4) is 0 Å². The van der Waals surface area contributed by atoms with Crippen molar-refractivity contribution in [2.24, 2.45) is 0 Å². The predicted octanol–water partition coefficient (Wildman–Crippen LogP) is 5.07. The number of nitrogens with zero attached hydrogens (tertiary/aromatic N) is 1. The minimum Gasteiger partial charge on any atom is -0.322 e. The highest BCUT2D eigenvalue weighted by atomic mass is 32.2. The van der Waals surface area contributed by atoms with E-state index in [9.17, 15) is 14.0 Å². The zero-order valence-electron chi connectivity index (χ0n) is 16.8. The third-order valence-corrected chi connectivity index (χ3v) is 7.10. The van der Waals surface area contributed by atoms with E-state index < -0.39 is 0 Å². The third kappa shape index (κ3) is 3.83. The van der Waals surface area contributed by atoms with E-state index in [0.717, 1.165) is 30.5 Å². The number of fused-ring (bicyclic) bond motifs is 2. The zero-order chi connectivity index (χ0) is 21.4. The number of halogens is 1. The second-order valence-electron chi connectivity index (χ2n) is 7.78. The van der Waals surface area contributed by atoms with Crippen LogP contribution in [0.1, 0.15) is 27.9 Å². The second-order valence-corrected chi connectivity index (χ2v) is 9.02. The van der Waals surface area contributed by atoms with E-state index in [0.29, 0.717) is 17.8 Å². The Hall–Kier alpha value is -3.12. The number of rotatable bonds is 3. The Bertz CT molecular complexity index is 1140. The molecule has 1 N–H and O–H groups in total. The number of thioether (sulfide) groups is 1. The molecule has 0 saturated heterocycles. The van der Waals surface area contributed by atoms with Crippen LogP contribution in [-0.4, -0.2) is 23.6 Å². The first kappa shape index (κ1) is 19.8. The summed E-state index contributed by atoms with van der Waals surface area (Å²) in [5, 5.41) is 2.82. The number of anilines is 2. The molecule has 6 heteroatoms. The highest BCUT2D eigenvalue weighted by Crippen LogP contribution is 2.40. The van der Waals surface area contributed by atoms with Crippen LogP contribution in [0.3, 0.4) is 0 Å². The zero-order valence-corrected chi connectivity index (χ0v) is 17.6. The van der Waals surface area contributed by atoms with Gasteiger partial charge in [-0.25, -0.2) is 4.39 Å². The second kappa shape index (κ2) is 8.19. The number of nitrogens with one attached hydrogen (secondary N) is 1. The fourth-order valence-electron chi connectivity index (χ4n) is 4.26. The Morgan fingerprint density at radius 3 is 2.61 bits per heavy atom. The average molecular weight is 433 g/mol. The first-order valence-corrected chi connectivity index (χ1v) is 11.2. The van der Waals surface area contributed by atoms with E-state index in [1.807, 2.05) is 35.2 Å². The van der Waals surface area contributed by atoms with Crippen LogP contribution in [0.5, 0.6) is 0 Å². The molecule has 0 radical (unpaired) electrons. The van der Waals surface area contributed by atoms with E-state index in [2.05, 4.69) is 17.4 Å². The van der Waals surface area contributed by atoms with Crippen LogP contribution >= 0.6 is 11.8 Å². The van der Waals surface area contributed by atoms with Gasteiger partial charge in [0.1, 0.15) is 5.82 Å². The van der Waals surface area contributed by atoms with E-state index in [4.69, 9.17) is 0 Å². The smallest absolute Gasteiger partial charge is 0.255 e. The van der Waals surface area contributed by atoms with Crippen LogP contribution in [0, 0.1) is 5.82 Å². The van der Waals surface area contributed by atoms with E-state index >= 15 is 0 Å². The van der Waals surface area contributed by atoms with Gasteiger partial charge in [-0.3, -0.25) is 9.59 Å². The standard InChI is InChI=1S/C25H21FN2O2S/c26-18-12-10-16(11-13-18)24(29)27-20-7-3-8-21-19(20)6-4-14-28(21)25(30)23-15-17-5-1-2-9-22(17)31-23/h1-3,5,7-13,23H,4,6,14-15H2,(H,27,29). The lowest BCUT2D eigenvalue weighted by atomic mass is 9.98. The molecule has 156 valence electrons. The fourth-order valence-corrected chi connectivity index (χ4v) is 5.52. The summed E-state index contributed by atoms with van der Waals surface area (Å²) in [6.45, 7) is 0.675. The summed E-state index contributed by atoms with van der Waals surface area (Å²) in [4.78, 5) is 29.1. The summed E-state index contributed by atoms with van der Waals surface area (Å²) in [5.74, 6) is -0.558. The van der Waals surface area contributed by atoms with E-state index in [1.54, 1.807) is 11.8 Å². The molecule has 3 aromatic rings. The number of amides is 2. The molecule has 0 spiro atoms. The molecule has 0 aromatic heterocycles. The van der Waals surface area contributed by atoms with Crippen molar-refractivity contribution in [1.82, 2.24) is 0 Å². The SMILES string of the molecule is O=C(Nc1cccc2c1CCCN2C(=O)C1Cc2ccccc2S1)c1ccc(F)cc1. The third-order valence-electron chi connectivity index (χ3n) is 5.79. The maximum Gasteiger partial charge on any atom is 0.255 e. The molecule has 31 heavy (non-hydrogen) atoms. The Kier molecular flexibility index (Phi) is 5.24. The van der Waals surface area contributed by atoms with Crippen LogP contribution in [0.4, 0.5) is 15.8 Å². The van der Waals surface area contributed by atoms with Crippen molar-refractivity contribution < 1.29 is 14.0 Å². The van der Waals surface area contributed by atoms with Crippen molar-refractivity contribution in [3.63, 3.8) is 0 Å². The topological polar surface area (TPSA) is 49.4 Å². The monoisotopic (exact) mass is 432 g/mol. The Labute approximate surface area is 184 Å². The predicted molar refractivity (Wildman–Crippen MR) is 121 cm³/mol. The molecule has 5 rings (SSSR count). The van der Waals surface area contributed by atoms with Crippen LogP contribution < -0.4 is 10.2 Å². The van der Waals surface area contributed by atoms with Gasteiger partial charge in [-0.05, 0) is 72.9 Å². The van der Waals surface area contributed by atoms with Crippen molar-refractivity contribution >= 4 is 35.0 Å². The van der Waals surface area contributed by atoms with Gasteiger partial charge in [0.2, 0.25) is 5.91 Å². The summed E-state index contributed by atoms with van der Waals surface area (Å²) in [6.07, 6.45) is 2.37. The lowest BCUT2D eigenvalue weighted by molar-refractivity contribution is -0.118. The van der Waals surface area contributed by atoms with Gasteiger partial charge < -0.3 is 10.2 Å². The molecule has 2 amide bonds. The van der Waals surface area contributed by atoms with Gasteiger partial charge in [-0.15, -0.1) is 11.8 Å². The van der Waals surface area contributed by atoms with Gasteiger partial charge in [0.05, 0.1) is 5.25 Å². The molecule has 3 aromatic carbocycles. The Morgan fingerprint density at radius 2 is 1.81 bits per heavy atom. The van der Waals surface area contributed by atoms with Crippen LogP contribution in [0.25, 0.3) is 0 Å². The van der Waals surface area contributed by atoms with E-state index in [-0.39, 0.29) is 22.9 Å². The Balaban J connectivity index is 1.38. The van der Waals surface area contributed by atoms with Gasteiger partial charge >= 0.3 is 0 Å². The van der Waals surface area contributed by atoms with Gasteiger partial charge in [0, 0.05) is 28.4 Å². The summed E-state index contributed by atoms with van der Waals surface area (Å²) in [6, 6.07) is 19.3. The lowest BCUT2D eigenvalue weighted by Gasteiger charge is -2.32. The fraction of sp³-hybridized carbons (Fsp3) is 0.200. The number of hydrogen-bond donors (Lipinski definition) is 1. The van der Waals surface area contributed by atoms with Crippen molar-refractivity contribution in [1.29, 1.82) is 0 Å². The lowest BCUT2D eigenvalue weighted by Crippen LogP contribution is -2.41. The maximum absolute atomic E-state index is 13.4. The highest BCUT2D eigenvalue weighted by Gasteiger charge is 2.34. The molecule has 2 aliphatic rings. The van der Waals surface area contributed by atoms with Crippen LogP contribution in [-0.2, 0) is 17.6 Å². The summed E-state index contributed by atoms with van der Waals surface area (Å²) >= 11 is 1.63. The van der Waals surface area contributed by atoms with Crippen molar-refractivity contribution in [3.05, 3.63) is 89.2 Å². The average Bonchev–Trinajstić information content (AvgIpc) is 3.23. The quantitative estimate of drug-likeness (QED) is 0.628. The minimum atomic E-state index is -0.380. The van der Waals surface area contributed by atoms with Gasteiger partial charge in [0.25, 0.3) is 5.91 Å². The molecule has 0 saturated carbocycles. The first-order valence-electron chi connectivity index (χ1n) is 10.3. The van der Waals surface area contributed by atoms with Gasteiger partial charge in [-0.1, -0.05) is 24.3 Å².